The molecule has 3 heteroatoms. The monoisotopic (exact) mass is 326 g/mol. The number of piperidine rings is 1. The molecule has 2 fully saturated rings. The molecule has 3 aliphatic rings. The Morgan fingerprint density at radius 2 is 1.88 bits per heavy atom. The number of benzene rings is 1. The van der Waals surface area contributed by atoms with Crippen molar-refractivity contribution < 1.29 is 4.79 Å². The molecule has 0 radical (unpaired) electrons. The smallest absolute Gasteiger partial charge is 0.219 e. The number of hydrogen-bond donors (Lipinski definition) is 0. The zero-order valence-electron chi connectivity index (χ0n) is 15.0. The molecule has 4 rings (SSSR count). The van der Waals surface area contributed by atoms with E-state index >= 15 is 0 Å². The van der Waals surface area contributed by atoms with Crippen molar-refractivity contribution in [2.75, 3.05) is 26.2 Å². The van der Waals surface area contributed by atoms with E-state index in [1.807, 2.05) is 0 Å². The van der Waals surface area contributed by atoms with Gasteiger partial charge in [0.05, 0.1) is 0 Å². The van der Waals surface area contributed by atoms with Gasteiger partial charge in [-0.3, -0.25) is 4.79 Å². The summed E-state index contributed by atoms with van der Waals surface area (Å²) < 4.78 is 0. The quantitative estimate of drug-likeness (QED) is 0.829. The fourth-order valence-electron chi connectivity index (χ4n) is 5.26. The SMILES string of the molecule is CC(=O)N1Cc2ccccc2C2(CCN(CC3CCCC3)CC2)C1. The summed E-state index contributed by atoms with van der Waals surface area (Å²) in [4.78, 5) is 16.8. The predicted octanol–water partition coefficient (Wildman–Crippen LogP) is 3.57. The van der Waals surface area contributed by atoms with Crippen LogP contribution in [-0.2, 0) is 16.8 Å². The summed E-state index contributed by atoms with van der Waals surface area (Å²) >= 11 is 0. The van der Waals surface area contributed by atoms with Crippen LogP contribution < -0.4 is 0 Å². The Morgan fingerprint density at radius 3 is 2.58 bits per heavy atom. The second kappa shape index (κ2) is 6.51. The Kier molecular flexibility index (Phi) is 4.38. The number of likely N-dealkylation sites (tertiary alicyclic amines) is 1. The summed E-state index contributed by atoms with van der Waals surface area (Å²) in [7, 11) is 0. The largest absolute Gasteiger partial charge is 0.338 e. The van der Waals surface area contributed by atoms with Crippen molar-refractivity contribution in [3.8, 4) is 0 Å². The van der Waals surface area contributed by atoms with E-state index < -0.39 is 0 Å². The van der Waals surface area contributed by atoms with Crippen molar-refractivity contribution in [1.82, 2.24) is 9.80 Å². The van der Waals surface area contributed by atoms with Gasteiger partial charge in [-0.25, -0.2) is 0 Å². The fraction of sp³-hybridized carbons (Fsp3) is 0.667. The van der Waals surface area contributed by atoms with Crippen LogP contribution in [0.1, 0.15) is 56.6 Å². The molecule has 0 aromatic heterocycles. The lowest BCUT2D eigenvalue weighted by atomic mass is 9.68. The summed E-state index contributed by atoms with van der Waals surface area (Å²) in [6.45, 7) is 7.10. The van der Waals surface area contributed by atoms with Crippen molar-refractivity contribution in [2.24, 2.45) is 5.92 Å². The molecular weight excluding hydrogens is 296 g/mol. The first-order valence-electron chi connectivity index (χ1n) is 9.73. The summed E-state index contributed by atoms with van der Waals surface area (Å²) in [5.74, 6) is 1.16. The first kappa shape index (κ1) is 16.1. The molecule has 0 N–H and O–H groups in total. The highest BCUT2D eigenvalue weighted by atomic mass is 16.2. The molecule has 0 atom stereocenters. The molecular formula is C21H30N2O. The van der Waals surface area contributed by atoms with Crippen molar-refractivity contribution in [2.45, 2.75) is 57.4 Å². The van der Waals surface area contributed by atoms with Gasteiger partial charge in [-0.1, -0.05) is 37.1 Å². The topological polar surface area (TPSA) is 23.6 Å². The molecule has 2 heterocycles. The van der Waals surface area contributed by atoms with Gasteiger partial charge in [0, 0.05) is 32.0 Å². The zero-order valence-corrected chi connectivity index (χ0v) is 15.0. The summed E-state index contributed by atoms with van der Waals surface area (Å²) in [6, 6.07) is 8.83. The van der Waals surface area contributed by atoms with Crippen molar-refractivity contribution in [3.05, 3.63) is 35.4 Å². The number of carbonyl (C=O) groups is 1. The molecule has 1 amide bonds. The van der Waals surface area contributed by atoms with Crippen LogP contribution in [0.4, 0.5) is 0 Å². The molecule has 3 nitrogen and oxygen atoms in total. The molecule has 1 spiro atoms. The Bertz CT molecular complexity index is 598. The van der Waals surface area contributed by atoms with E-state index in [4.69, 9.17) is 0 Å². The first-order valence-corrected chi connectivity index (χ1v) is 9.73. The maximum Gasteiger partial charge on any atom is 0.219 e. The predicted molar refractivity (Wildman–Crippen MR) is 96.8 cm³/mol. The molecule has 0 bridgehead atoms. The molecule has 1 aromatic rings. The first-order chi connectivity index (χ1) is 11.7. The van der Waals surface area contributed by atoms with Crippen LogP contribution in [0.15, 0.2) is 24.3 Å². The minimum absolute atomic E-state index is 0.187. The third-order valence-electron chi connectivity index (χ3n) is 6.69. The minimum atomic E-state index is 0.187. The van der Waals surface area contributed by atoms with Crippen LogP contribution in [0.2, 0.25) is 0 Å². The normalized spacial score (nSPS) is 24.3. The average Bonchev–Trinajstić information content (AvgIpc) is 3.10. The molecule has 1 saturated carbocycles. The molecule has 2 aliphatic heterocycles. The minimum Gasteiger partial charge on any atom is -0.338 e. The van der Waals surface area contributed by atoms with E-state index in [0.29, 0.717) is 0 Å². The van der Waals surface area contributed by atoms with Crippen molar-refractivity contribution >= 4 is 5.91 Å². The van der Waals surface area contributed by atoms with E-state index in [-0.39, 0.29) is 11.3 Å². The van der Waals surface area contributed by atoms with Gasteiger partial charge in [-0.2, -0.15) is 0 Å². The summed E-state index contributed by atoms with van der Waals surface area (Å²) in [5, 5.41) is 0. The van der Waals surface area contributed by atoms with Crippen LogP contribution in [-0.4, -0.2) is 41.9 Å². The van der Waals surface area contributed by atoms with E-state index in [2.05, 4.69) is 34.1 Å². The van der Waals surface area contributed by atoms with Gasteiger partial charge in [0.25, 0.3) is 0 Å². The summed E-state index contributed by atoms with van der Waals surface area (Å²) in [5.41, 5.74) is 3.07. The second-order valence-corrected chi connectivity index (χ2v) is 8.26. The lowest BCUT2D eigenvalue weighted by Crippen LogP contribution is -2.53. The van der Waals surface area contributed by atoms with Gasteiger partial charge >= 0.3 is 0 Å². The third kappa shape index (κ3) is 2.99. The number of carbonyl (C=O) groups excluding carboxylic acids is 1. The molecule has 1 saturated heterocycles. The van der Waals surface area contributed by atoms with Gasteiger partial charge in [-0.15, -0.1) is 0 Å². The lowest BCUT2D eigenvalue weighted by molar-refractivity contribution is -0.131. The zero-order chi connectivity index (χ0) is 16.6. The highest BCUT2D eigenvalue weighted by Gasteiger charge is 2.42. The van der Waals surface area contributed by atoms with Gasteiger partial charge in [0.15, 0.2) is 0 Å². The number of rotatable bonds is 2. The standard InChI is InChI=1S/C21H30N2O/c1-17(24)23-15-19-8-4-5-9-20(19)21(16-23)10-12-22(13-11-21)14-18-6-2-3-7-18/h4-5,8-9,18H,2-3,6-7,10-16H2,1H3. The Balaban J connectivity index is 1.51. The van der Waals surface area contributed by atoms with Crippen molar-refractivity contribution in [3.63, 3.8) is 0 Å². The molecule has 130 valence electrons. The van der Waals surface area contributed by atoms with E-state index in [9.17, 15) is 4.79 Å². The maximum absolute atomic E-state index is 12.0. The van der Waals surface area contributed by atoms with E-state index in [1.165, 1.54) is 69.3 Å². The highest BCUT2D eigenvalue weighted by Crippen LogP contribution is 2.42. The number of nitrogens with zero attached hydrogens (tertiary/aromatic N) is 2. The number of hydrogen-bond acceptors (Lipinski definition) is 2. The van der Waals surface area contributed by atoms with Gasteiger partial charge in [0.1, 0.15) is 0 Å². The van der Waals surface area contributed by atoms with Crippen molar-refractivity contribution in [1.29, 1.82) is 0 Å². The van der Waals surface area contributed by atoms with Crippen LogP contribution in [0.5, 0.6) is 0 Å². The molecule has 0 unspecified atom stereocenters. The van der Waals surface area contributed by atoms with Crippen LogP contribution in [0, 0.1) is 5.92 Å². The van der Waals surface area contributed by atoms with Crippen LogP contribution in [0.3, 0.4) is 0 Å². The van der Waals surface area contributed by atoms with Crippen LogP contribution in [0.25, 0.3) is 0 Å². The summed E-state index contributed by atoms with van der Waals surface area (Å²) in [6.07, 6.45) is 8.12. The Labute approximate surface area is 146 Å². The molecule has 24 heavy (non-hydrogen) atoms. The molecule has 1 aromatic carbocycles. The van der Waals surface area contributed by atoms with Gasteiger partial charge < -0.3 is 9.80 Å². The average molecular weight is 326 g/mol. The fourth-order valence-corrected chi connectivity index (χ4v) is 5.26. The number of amides is 1. The van der Waals surface area contributed by atoms with E-state index in [1.54, 1.807) is 6.92 Å². The second-order valence-electron chi connectivity index (χ2n) is 8.26. The maximum atomic E-state index is 12.0. The molecule has 1 aliphatic carbocycles. The Morgan fingerprint density at radius 1 is 1.17 bits per heavy atom. The van der Waals surface area contributed by atoms with Gasteiger partial charge in [0.2, 0.25) is 5.91 Å². The van der Waals surface area contributed by atoms with Gasteiger partial charge in [-0.05, 0) is 55.8 Å². The van der Waals surface area contributed by atoms with Crippen LogP contribution >= 0.6 is 0 Å². The van der Waals surface area contributed by atoms with E-state index in [0.717, 1.165) is 19.0 Å². The number of fused-ring (bicyclic) bond motifs is 2. The lowest BCUT2D eigenvalue weighted by Gasteiger charge is -2.49. The Hall–Kier alpha value is -1.35. The highest BCUT2D eigenvalue weighted by molar-refractivity contribution is 5.74. The third-order valence-corrected chi connectivity index (χ3v) is 6.69.